The van der Waals surface area contributed by atoms with Crippen molar-refractivity contribution in [2.24, 2.45) is 0 Å². The van der Waals surface area contributed by atoms with Gasteiger partial charge in [-0.3, -0.25) is 4.79 Å². The van der Waals surface area contributed by atoms with Gasteiger partial charge < -0.3 is 10.0 Å². The third kappa shape index (κ3) is 7.28. The molecule has 0 unspecified atom stereocenters. The zero-order valence-electron chi connectivity index (χ0n) is 8.59. The Kier molecular flexibility index (Phi) is 9.47. The summed E-state index contributed by atoms with van der Waals surface area (Å²) in [6.07, 6.45) is 1.42. The second-order valence-electron chi connectivity index (χ2n) is 2.38. The Bertz CT molecular complexity index is 151. The molecule has 0 saturated carbocycles. The number of nitrogens with zero attached hydrogens (tertiary/aromatic N) is 1. The second kappa shape index (κ2) is 8.27. The maximum atomic E-state index is 10.9. The third-order valence-electron chi connectivity index (χ3n) is 1.06. The van der Waals surface area contributed by atoms with E-state index >= 15 is 0 Å². The van der Waals surface area contributed by atoms with Crippen molar-refractivity contribution in [1.29, 1.82) is 0 Å². The van der Waals surface area contributed by atoms with Gasteiger partial charge in [-0.25, -0.2) is 0 Å². The van der Waals surface area contributed by atoms with Gasteiger partial charge in [0.05, 0.1) is 6.61 Å². The normalized spacial score (nSPS) is 10.0. The average Bonchev–Trinajstić information content (AvgIpc) is 2.07. The topological polar surface area (TPSA) is 40.5 Å². The molecule has 0 aliphatic rings. The summed E-state index contributed by atoms with van der Waals surface area (Å²) in [6.45, 7) is 5.65. The molecule has 12 heavy (non-hydrogen) atoms. The van der Waals surface area contributed by atoms with E-state index in [-0.39, 0.29) is 12.5 Å². The van der Waals surface area contributed by atoms with Gasteiger partial charge in [-0.2, -0.15) is 0 Å². The number of hydrogen-bond acceptors (Lipinski definition) is 2. The Morgan fingerprint density at radius 1 is 1.42 bits per heavy atom. The van der Waals surface area contributed by atoms with Crippen LogP contribution in [0.15, 0.2) is 11.6 Å². The molecule has 72 valence electrons. The predicted molar refractivity (Wildman–Crippen MR) is 50.9 cm³/mol. The van der Waals surface area contributed by atoms with E-state index in [4.69, 9.17) is 5.11 Å². The van der Waals surface area contributed by atoms with Crippen molar-refractivity contribution in [1.82, 2.24) is 4.90 Å². The molecular formula is C9H19NO2. The van der Waals surface area contributed by atoms with Crippen molar-refractivity contribution in [3.05, 3.63) is 11.6 Å². The summed E-state index contributed by atoms with van der Waals surface area (Å²) >= 11 is 0. The smallest absolute Gasteiger partial charge is 0.246 e. The average molecular weight is 173 g/mol. The van der Waals surface area contributed by atoms with Crippen molar-refractivity contribution in [2.75, 3.05) is 20.7 Å². The molecule has 0 rings (SSSR count). The van der Waals surface area contributed by atoms with E-state index in [1.165, 1.54) is 11.0 Å². The lowest BCUT2D eigenvalue weighted by molar-refractivity contribution is -0.123. The van der Waals surface area contributed by atoms with Gasteiger partial charge in [0.15, 0.2) is 0 Å². The molecule has 1 N–H and O–H groups in total. The van der Waals surface area contributed by atoms with Gasteiger partial charge in [0.1, 0.15) is 0 Å². The molecule has 0 radical (unpaired) electrons. The van der Waals surface area contributed by atoms with Gasteiger partial charge in [-0.15, -0.1) is 0 Å². The quantitative estimate of drug-likeness (QED) is 0.634. The summed E-state index contributed by atoms with van der Waals surface area (Å²) in [5.41, 5.74) is 0.679. The lowest BCUT2D eigenvalue weighted by Crippen LogP contribution is -2.19. The molecule has 0 bridgehead atoms. The number of likely N-dealkylation sites (N-methyl/N-ethyl adjacent to an activating group) is 1. The second-order valence-corrected chi connectivity index (χ2v) is 2.38. The Morgan fingerprint density at radius 3 is 2.08 bits per heavy atom. The summed E-state index contributed by atoms with van der Waals surface area (Å²) in [4.78, 5) is 12.3. The van der Waals surface area contributed by atoms with Crippen LogP contribution in [0.25, 0.3) is 0 Å². The minimum absolute atomic E-state index is 0.0560. The van der Waals surface area contributed by atoms with Crippen LogP contribution in [0.3, 0.4) is 0 Å². The van der Waals surface area contributed by atoms with Crippen molar-refractivity contribution in [3.63, 3.8) is 0 Å². The van der Waals surface area contributed by atoms with E-state index in [1.54, 1.807) is 21.0 Å². The van der Waals surface area contributed by atoms with Crippen molar-refractivity contribution in [2.45, 2.75) is 20.8 Å². The number of carbonyl (C=O) groups excluding carboxylic acids is 1. The molecule has 0 fully saturated rings. The lowest BCUT2D eigenvalue weighted by atomic mass is 10.3. The van der Waals surface area contributed by atoms with E-state index in [2.05, 4.69) is 0 Å². The maximum absolute atomic E-state index is 10.9. The molecule has 0 saturated heterocycles. The highest BCUT2D eigenvalue weighted by Crippen LogP contribution is 1.91. The van der Waals surface area contributed by atoms with Crippen LogP contribution in [0.5, 0.6) is 0 Å². The minimum Gasteiger partial charge on any atom is -0.392 e. The summed E-state index contributed by atoms with van der Waals surface area (Å²) in [5, 5.41) is 8.53. The van der Waals surface area contributed by atoms with E-state index in [9.17, 15) is 4.79 Å². The number of carbonyl (C=O) groups is 1. The summed E-state index contributed by atoms with van der Waals surface area (Å²) in [7, 11) is 3.34. The molecule has 0 aromatic carbocycles. The number of rotatable bonds is 2. The van der Waals surface area contributed by atoms with Crippen LogP contribution in [0.2, 0.25) is 0 Å². The Hall–Kier alpha value is -0.830. The van der Waals surface area contributed by atoms with Crippen molar-refractivity contribution < 1.29 is 9.90 Å². The Balaban J connectivity index is 0. The summed E-state index contributed by atoms with van der Waals surface area (Å²) in [6, 6.07) is 0. The first-order valence-electron chi connectivity index (χ1n) is 4.07. The van der Waals surface area contributed by atoms with Crippen LogP contribution in [0.1, 0.15) is 20.8 Å². The minimum atomic E-state index is -0.0912. The Labute approximate surface area is 74.7 Å². The molecule has 0 spiro atoms. The van der Waals surface area contributed by atoms with Gasteiger partial charge in [0, 0.05) is 20.2 Å². The van der Waals surface area contributed by atoms with Crippen LogP contribution in [0, 0.1) is 0 Å². The van der Waals surface area contributed by atoms with Crippen molar-refractivity contribution >= 4 is 5.91 Å². The molecule has 0 aromatic rings. The standard InChI is InChI=1S/C7H13NO2.C2H6/c1-6(5-9)4-7(10)8(2)3;1-2/h4,9H,5H2,1-3H3;1-2H3/b6-4+;. The van der Waals surface area contributed by atoms with Crippen molar-refractivity contribution in [3.8, 4) is 0 Å². The molecule has 0 atom stereocenters. The highest BCUT2D eigenvalue weighted by atomic mass is 16.3. The van der Waals surface area contributed by atoms with Crippen LogP contribution in [0.4, 0.5) is 0 Å². The molecule has 1 amide bonds. The third-order valence-corrected chi connectivity index (χ3v) is 1.06. The first-order valence-corrected chi connectivity index (χ1v) is 4.07. The fourth-order valence-corrected chi connectivity index (χ4v) is 0.386. The zero-order chi connectivity index (χ0) is 10.1. The predicted octanol–water partition coefficient (Wildman–Crippen LogP) is 1.04. The molecule has 0 aliphatic heterocycles. The number of aliphatic hydroxyl groups excluding tert-OH is 1. The fraction of sp³-hybridized carbons (Fsp3) is 0.667. The lowest BCUT2D eigenvalue weighted by Gasteiger charge is -2.06. The van der Waals surface area contributed by atoms with Crippen LogP contribution in [-0.4, -0.2) is 36.6 Å². The molecule has 0 aliphatic carbocycles. The van der Waals surface area contributed by atoms with E-state index in [0.717, 1.165) is 0 Å². The van der Waals surface area contributed by atoms with E-state index in [0.29, 0.717) is 5.57 Å². The van der Waals surface area contributed by atoms with E-state index in [1.807, 2.05) is 13.8 Å². The summed E-state index contributed by atoms with van der Waals surface area (Å²) in [5.74, 6) is -0.0912. The fourth-order valence-electron chi connectivity index (χ4n) is 0.386. The number of hydrogen-bond donors (Lipinski definition) is 1. The largest absolute Gasteiger partial charge is 0.392 e. The molecule has 3 nitrogen and oxygen atoms in total. The maximum Gasteiger partial charge on any atom is 0.246 e. The van der Waals surface area contributed by atoms with Gasteiger partial charge >= 0.3 is 0 Å². The zero-order valence-corrected chi connectivity index (χ0v) is 8.59. The van der Waals surface area contributed by atoms with Crippen LogP contribution >= 0.6 is 0 Å². The molecule has 0 aromatic heterocycles. The summed E-state index contributed by atoms with van der Waals surface area (Å²) < 4.78 is 0. The molecular weight excluding hydrogens is 154 g/mol. The molecule has 0 heterocycles. The highest BCUT2D eigenvalue weighted by molar-refractivity contribution is 5.87. The first-order chi connectivity index (χ1) is 5.57. The monoisotopic (exact) mass is 173 g/mol. The van der Waals surface area contributed by atoms with Gasteiger partial charge in [0.2, 0.25) is 5.91 Å². The number of aliphatic hydroxyl groups is 1. The first kappa shape index (κ1) is 13.7. The van der Waals surface area contributed by atoms with Gasteiger partial charge in [-0.05, 0) is 12.5 Å². The van der Waals surface area contributed by atoms with Crippen LogP contribution < -0.4 is 0 Å². The Morgan fingerprint density at radius 2 is 1.83 bits per heavy atom. The van der Waals surface area contributed by atoms with Gasteiger partial charge in [-0.1, -0.05) is 13.8 Å². The van der Waals surface area contributed by atoms with Crippen LogP contribution in [-0.2, 0) is 4.79 Å². The van der Waals surface area contributed by atoms with Gasteiger partial charge in [0.25, 0.3) is 0 Å². The molecule has 3 heteroatoms. The highest BCUT2D eigenvalue weighted by Gasteiger charge is 1.98. The SMILES string of the molecule is C/C(=C\C(=O)N(C)C)CO.CC. The number of amides is 1. The van der Waals surface area contributed by atoms with E-state index < -0.39 is 0 Å².